The van der Waals surface area contributed by atoms with Crippen molar-refractivity contribution in [2.45, 2.75) is 23.8 Å². The van der Waals surface area contributed by atoms with Crippen LogP contribution in [0.2, 0.25) is 0 Å². The fourth-order valence-electron chi connectivity index (χ4n) is 2.22. The summed E-state index contributed by atoms with van der Waals surface area (Å²) in [5.74, 6) is 0.606. The van der Waals surface area contributed by atoms with Gasteiger partial charge in [0.05, 0.1) is 4.90 Å². The van der Waals surface area contributed by atoms with E-state index in [1.54, 1.807) is 36.5 Å². The molecule has 3 aromatic rings. The van der Waals surface area contributed by atoms with Crippen LogP contribution >= 0.6 is 0 Å². The molecule has 122 valence electrons. The van der Waals surface area contributed by atoms with E-state index < -0.39 is 10.0 Å². The monoisotopic (exact) mass is 342 g/mol. The van der Waals surface area contributed by atoms with Crippen molar-refractivity contribution >= 4 is 10.0 Å². The Kier molecular flexibility index (Phi) is 3.62. The topological polar surface area (TPSA) is 98.0 Å². The zero-order valence-corrected chi connectivity index (χ0v) is 13.4. The summed E-state index contributed by atoms with van der Waals surface area (Å²) in [6.07, 6.45) is 3.41. The van der Waals surface area contributed by atoms with Gasteiger partial charge < -0.3 is 4.52 Å². The van der Waals surface area contributed by atoms with Crippen LogP contribution in [0.5, 0.6) is 0 Å². The highest BCUT2D eigenvalue weighted by Crippen LogP contribution is 2.25. The van der Waals surface area contributed by atoms with Gasteiger partial charge in [0, 0.05) is 17.8 Å². The van der Waals surface area contributed by atoms with Gasteiger partial charge in [-0.3, -0.25) is 4.98 Å². The molecule has 1 aliphatic rings. The molecule has 0 spiro atoms. The number of hydrogen-bond donors (Lipinski definition) is 1. The lowest BCUT2D eigenvalue weighted by molar-refractivity contribution is 0.432. The van der Waals surface area contributed by atoms with Crippen molar-refractivity contribution in [2.75, 3.05) is 0 Å². The van der Waals surface area contributed by atoms with E-state index in [1.807, 2.05) is 6.07 Å². The summed E-state index contributed by atoms with van der Waals surface area (Å²) < 4.78 is 32.5. The van der Waals surface area contributed by atoms with Crippen LogP contribution < -0.4 is 4.72 Å². The van der Waals surface area contributed by atoms with E-state index in [0.29, 0.717) is 17.1 Å². The third-order valence-corrected chi connectivity index (χ3v) is 5.13. The predicted molar refractivity (Wildman–Crippen MR) is 86.3 cm³/mol. The Morgan fingerprint density at radius 3 is 2.75 bits per heavy atom. The summed E-state index contributed by atoms with van der Waals surface area (Å²) in [6, 6.07) is 11.9. The molecule has 0 bridgehead atoms. The Morgan fingerprint density at radius 2 is 2.00 bits per heavy atom. The molecule has 1 N–H and O–H groups in total. The largest absolute Gasteiger partial charge is 0.334 e. The maximum Gasteiger partial charge on any atom is 0.258 e. The average molecular weight is 342 g/mol. The third kappa shape index (κ3) is 3.06. The molecule has 0 unspecified atom stereocenters. The van der Waals surface area contributed by atoms with E-state index in [-0.39, 0.29) is 16.8 Å². The van der Waals surface area contributed by atoms with Crippen LogP contribution in [0.15, 0.2) is 58.1 Å². The van der Waals surface area contributed by atoms with E-state index in [9.17, 15) is 8.42 Å². The molecule has 8 heteroatoms. The van der Waals surface area contributed by atoms with Crippen LogP contribution in [0, 0.1) is 0 Å². The fraction of sp³-hybridized carbons (Fsp3) is 0.188. The van der Waals surface area contributed by atoms with Gasteiger partial charge in [-0.2, -0.15) is 4.98 Å². The summed E-state index contributed by atoms with van der Waals surface area (Å²) in [5, 5.41) is 3.90. The lowest BCUT2D eigenvalue weighted by Gasteiger charge is -2.05. The molecule has 4 rings (SSSR count). The lowest BCUT2D eigenvalue weighted by Crippen LogP contribution is -2.25. The Morgan fingerprint density at radius 1 is 1.12 bits per heavy atom. The SMILES string of the molecule is O=S(=O)(NC1CC1)c1cccc(-c2nc(-c3ccccn3)no2)c1. The molecule has 0 amide bonds. The summed E-state index contributed by atoms with van der Waals surface area (Å²) in [4.78, 5) is 8.64. The van der Waals surface area contributed by atoms with Gasteiger partial charge in [0.2, 0.25) is 15.8 Å². The van der Waals surface area contributed by atoms with Gasteiger partial charge in [-0.25, -0.2) is 13.1 Å². The predicted octanol–water partition coefficient (Wildman–Crippen LogP) is 2.24. The van der Waals surface area contributed by atoms with E-state index in [4.69, 9.17) is 4.52 Å². The normalized spacial score (nSPS) is 14.7. The van der Waals surface area contributed by atoms with E-state index in [0.717, 1.165) is 12.8 Å². The Labute approximate surface area is 138 Å². The Bertz CT molecular complexity index is 966. The Hall–Kier alpha value is -2.58. The molecule has 0 atom stereocenters. The van der Waals surface area contributed by atoms with Gasteiger partial charge in [0.25, 0.3) is 5.89 Å². The third-order valence-electron chi connectivity index (χ3n) is 3.61. The minimum absolute atomic E-state index is 0.0535. The molecule has 0 saturated heterocycles. The highest BCUT2D eigenvalue weighted by atomic mass is 32.2. The van der Waals surface area contributed by atoms with Gasteiger partial charge in [-0.15, -0.1) is 0 Å². The highest BCUT2D eigenvalue weighted by Gasteiger charge is 2.28. The molecule has 7 nitrogen and oxygen atoms in total. The smallest absolute Gasteiger partial charge is 0.258 e. The molecular formula is C16H14N4O3S. The maximum absolute atomic E-state index is 12.3. The maximum atomic E-state index is 12.3. The summed E-state index contributed by atoms with van der Waals surface area (Å²) in [5.41, 5.74) is 1.13. The summed E-state index contributed by atoms with van der Waals surface area (Å²) in [7, 11) is -3.53. The fourth-order valence-corrected chi connectivity index (χ4v) is 3.58. The summed E-state index contributed by atoms with van der Waals surface area (Å²) >= 11 is 0. The van der Waals surface area contributed by atoms with Gasteiger partial charge in [-0.1, -0.05) is 17.3 Å². The molecule has 2 heterocycles. The van der Waals surface area contributed by atoms with Crippen molar-refractivity contribution in [1.29, 1.82) is 0 Å². The van der Waals surface area contributed by atoms with Crippen LogP contribution in [0.1, 0.15) is 12.8 Å². The van der Waals surface area contributed by atoms with Crippen molar-refractivity contribution in [1.82, 2.24) is 19.8 Å². The molecule has 2 aromatic heterocycles. The van der Waals surface area contributed by atoms with Crippen molar-refractivity contribution < 1.29 is 12.9 Å². The minimum atomic E-state index is -3.53. The second-order valence-electron chi connectivity index (χ2n) is 5.56. The molecule has 0 radical (unpaired) electrons. The second-order valence-corrected chi connectivity index (χ2v) is 7.28. The zero-order valence-electron chi connectivity index (χ0n) is 12.6. The molecular weight excluding hydrogens is 328 g/mol. The first-order valence-electron chi connectivity index (χ1n) is 7.50. The quantitative estimate of drug-likeness (QED) is 0.763. The number of nitrogens with zero attached hydrogens (tertiary/aromatic N) is 3. The van der Waals surface area contributed by atoms with Gasteiger partial charge in [0.15, 0.2) is 0 Å². The van der Waals surface area contributed by atoms with Crippen molar-refractivity contribution in [3.63, 3.8) is 0 Å². The van der Waals surface area contributed by atoms with E-state index in [2.05, 4.69) is 19.8 Å². The number of benzene rings is 1. The highest BCUT2D eigenvalue weighted by molar-refractivity contribution is 7.89. The van der Waals surface area contributed by atoms with Gasteiger partial charge in [0.1, 0.15) is 5.69 Å². The van der Waals surface area contributed by atoms with Gasteiger partial charge >= 0.3 is 0 Å². The van der Waals surface area contributed by atoms with Gasteiger partial charge in [-0.05, 0) is 43.2 Å². The molecule has 0 aliphatic heterocycles. The number of pyridine rings is 1. The number of nitrogens with one attached hydrogen (secondary N) is 1. The first kappa shape index (κ1) is 15.0. The molecule has 1 aromatic carbocycles. The van der Waals surface area contributed by atoms with Crippen LogP contribution in [0.3, 0.4) is 0 Å². The standard InChI is InChI=1S/C16H14N4O3S/c21-24(22,20-12-7-8-12)13-5-3-4-11(10-13)16-18-15(19-23-16)14-6-1-2-9-17-14/h1-6,9-10,12,20H,7-8H2. The average Bonchev–Trinajstić information content (AvgIpc) is 3.26. The van der Waals surface area contributed by atoms with E-state index >= 15 is 0 Å². The first-order chi connectivity index (χ1) is 11.6. The van der Waals surface area contributed by atoms with Crippen molar-refractivity contribution in [3.05, 3.63) is 48.7 Å². The van der Waals surface area contributed by atoms with Crippen molar-refractivity contribution in [3.8, 4) is 23.0 Å². The van der Waals surface area contributed by atoms with Crippen LogP contribution in [0.25, 0.3) is 23.0 Å². The molecule has 1 saturated carbocycles. The molecule has 24 heavy (non-hydrogen) atoms. The van der Waals surface area contributed by atoms with Crippen LogP contribution in [-0.2, 0) is 10.0 Å². The minimum Gasteiger partial charge on any atom is -0.334 e. The number of sulfonamides is 1. The lowest BCUT2D eigenvalue weighted by atomic mass is 10.2. The van der Waals surface area contributed by atoms with E-state index in [1.165, 1.54) is 6.07 Å². The molecule has 1 aliphatic carbocycles. The number of hydrogen-bond acceptors (Lipinski definition) is 6. The van der Waals surface area contributed by atoms with Crippen molar-refractivity contribution in [2.24, 2.45) is 0 Å². The van der Waals surface area contributed by atoms with Crippen LogP contribution in [-0.4, -0.2) is 29.6 Å². The first-order valence-corrected chi connectivity index (χ1v) is 8.98. The zero-order chi connectivity index (χ0) is 16.6. The molecule has 1 fully saturated rings. The van der Waals surface area contributed by atoms with Crippen LogP contribution in [0.4, 0.5) is 0 Å². The summed E-state index contributed by atoms with van der Waals surface area (Å²) in [6.45, 7) is 0. The number of aromatic nitrogens is 3. The Balaban J connectivity index is 1.65. The second kappa shape index (κ2) is 5.81. The number of rotatable bonds is 5.